The van der Waals surface area contributed by atoms with Crippen molar-refractivity contribution in [3.8, 4) is 0 Å². The molecule has 0 aliphatic heterocycles. The van der Waals surface area contributed by atoms with E-state index in [0.717, 1.165) is 0 Å². The lowest BCUT2D eigenvalue weighted by molar-refractivity contribution is -0.137. The molecule has 0 rings (SSSR count). The van der Waals surface area contributed by atoms with Gasteiger partial charge in [0.05, 0.1) is 0 Å². The number of aliphatic carboxylic acids is 1. The van der Waals surface area contributed by atoms with Crippen molar-refractivity contribution in [3.63, 3.8) is 0 Å². The molecule has 0 aromatic rings. The summed E-state index contributed by atoms with van der Waals surface area (Å²) in [6.07, 6.45) is 1.60. The minimum absolute atomic E-state index is 0.0226. The van der Waals surface area contributed by atoms with Crippen molar-refractivity contribution < 1.29 is 18.9 Å². The maximum Gasteiger partial charge on any atom is 0.315 e. The van der Waals surface area contributed by atoms with Crippen LogP contribution in [0.3, 0.4) is 0 Å². The van der Waals surface area contributed by atoms with Gasteiger partial charge in [0.15, 0.2) is 0 Å². The molecule has 2 amide bonds. The van der Waals surface area contributed by atoms with Gasteiger partial charge in [-0.15, -0.1) is 0 Å². The van der Waals surface area contributed by atoms with E-state index in [1.165, 1.54) is 0 Å². The van der Waals surface area contributed by atoms with Gasteiger partial charge in [-0.25, -0.2) is 4.79 Å². The summed E-state index contributed by atoms with van der Waals surface area (Å²) in [6.45, 7) is 3.82. The average molecular weight is 264 g/mol. The van der Waals surface area contributed by atoms with Crippen molar-refractivity contribution in [1.29, 1.82) is 0 Å². The normalized spacial score (nSPS) is 15.7. The van der Waals surface area contributed by atoms with Gasteiger partial charge in [0, 0.05) is 41.8 Å². The number of urea groups is 1. The van der Waals surface area contributed by atoms with Crippen LogP contribution in [0.2, 0.25) is 0 Å². The highest BCUT2D eigenvalue weighted by Crippen LogP contribution is 1.99. The summed E-state index contributed by atoms with van der Waals surface area (Å²) in [5, 5.41) is 13.7. The minimum atomic E-state index is -0.953. The van der Waals surface area contributed by atoms with Crippen LogP contribution in [0.1, 0.15) is 20.3 Å². The molecule has 0 saturated carbocycles. The maximum absolute atomic E-state index is 11.4. The SMILES string of the molecule is CC(CNC(=O)NC(C)CS(C)=O)CC(=O)O. The molecule has 0 aliphatic carbocycles. The molecule has 0 bridgehead atoms. The second-order valence-corrected chi connectivity index (χ2v) is 5.68. The summed E-state index contributed by atoms with van der Waals surface area (Å²) in [4.78, 5) is 21.7. The number of nitrogens with one attached hydrogen (secondary N) is 2. The van der Waals surface area contributed by atoms with E-state index in [9.17, 15) is 13.8 Å². The fourth-order valence-electron chi connectivity index (χ4n) is 1.31. The first-order chi connectivity index (χ1) is 7.81. The van der Waals surface area contributed by atoms with Crippen LogP contribution < -0.4 is 10.6 Å². The van der Waals surface area contributed by atoms with Gasteiger partial charge in [-0.1, -0.05) is 6.92 Å². The molecule has 7 heteroatoms. The zero-order valence-corrected chi connectivity index (χ0v) is 11.2. The second-order valence-electron chi connectivity index (χ2n) is 4.20. The van der Waals surface area contributed by atoms with Crippen LogP contribution >= 0.6 is 0 Å². The molecule has 0 heterocycles. The number of rotatable bonds is 7. The monoisotopic (exact) mass is 264 g/mol. The molecule has 6 nitrogen and oxygen atoms in total. The Morgan fingerprint density at radius 3 is 2.41 bits per heavy atom. The van der Waals surface area contributed by atoms with E-state index < -0.39 is 16.8 Å². The highest BCUT2D eigenvalue weighted by Gasteiger charge is 2.11. The highest BCUT2D eigenvalue weighted by atomic mass is 32.2. The first-order valence-corrected chi connectivity index (χ1v) is 7.10. The third-order valence-corrected chi connectivity index (χ3v) is 2.97. The summed E-state index contributed by atoms with van der Waals surface area (Å²) in [6, 6.07) is -0.532. The van der Waals surface area contributed by atoms with Crippen LogP contribution in [0, 0.1) is 5.92 Å². The lowest BCUT2D eigenvalue weighted by atomic mass is 10.1. The number of hydrogen-bond acceptors (Lipinski definition) is 3. The molecule has 3 atom stereocenters. The van der Waals surface area contributed by atoms with Crippen LogP contribution in [-0.4, -0.2) is 45.9 Å². The molecule has 0 saturated heterocycles. The van der Waals surface area contributed by atoms with E-state index >= 15 is 0 Å². The van der Waals surface area contributed by atoms with Gasteiger partial charge >= 0.3 is 12.0 Å². The first-order valence-electron chi connectivity index (χ1n) is 5.37. The number of hydrogen-bond donors (Lipinski definition) is 3. The molecular weight excluding hydrogens is 244 g/mol. The molecule has 0 aromatic heterocycles. The van der Waals surface area contributed by atoms with E-state index in [2.05, 4.69) is 10.6 Å². The van der Waals surface area contributed by atoms with Crippen molar-refractivity contribution in [1.82, 2.24) is 10.6 Å². The maximum atomic E-state index is 11.4. The van der Waals surface area contributed by atoms with Crippen LogP contribution in [0.25, 0.3) is 0 Å². The predicted octanol–water partition coefficient (Wildman–Crippen LogP) is 0.163. The minimum Gasteiger partial charge on any atom is -0.481 e. The summed E-state index contributed by atoms with van der Waals surface area (Å²) >= 11 is 0. The highest BCUT2D eigenvalue weighted by molar-refractivity contribution is 7.84. The number of amides is 2. The first kappa shape index (κ1) is 15.9. The van der Waals surface area contributed by atoms with Crippen molar-refractivity contribution in [2.24, 2.45) is 5.92 Å². The van der Waals surface area contributed by atoms with Gasteiger partial charge < -0.3 is 15.7 Å². The zero-order valence-electron chi connectivity index (χ0n) is 10.4. The Morgan fingerprint density at radius 2 is 1.94 bits per heavy atom. The zero-order chi connectivity index (χ0) is 13.4. The predicted molar refractivity (Wildman–Crippen MR) is 66.3 cm³/mol. The lowest BCUT2D eigenvalue weighted by Crippen LogP contribution is -2.44. The number of carboxylic acids is 1. The van der Waals surface area contributed by atoms with Crippen molar-refractivity contribution >= 4 is 22.8 Å². The van der Waals surface area contributed by atoms with Gasteiger partial charge in [0.25, 0.3) is 0 Å². The van der Waals surface area contributed by atoms with Crippen LogP contribution in [0.5, 0.6) is 0 Å². The standard InChI is InChI=1S/C10H20N2O4S/c1-7(4-9(13)14)5-11-10(15)12-8(2)6-17(3)16/h7-8H,4-6H2,1-3H3,(H,13,14)(H2,11,12,15). The van der Waals surface area contributed by atoms with Gasteiger partial charge in [-0.05, 0) is 12.8 Å². The molecule has 0 radical (unpaired) electrons. The van der Waals surface area contributed by atoms with Crippen molar-refractivity contribution in [2.75, 3.05) is 18.6 Å². The average Bonchev–Trinajstić information content (AvgIpc) is 2.12. The summed E-state index contributed by atoms with van der Waals surface area (Å²) in [7, 11) is -0.953. The van der Waals surface area contributed by atoms with E-state index in [0.29, 0.717) is 12.3 Å². The number of carboxylic acid groups (broad SMARTS) is 1. The smallest absolute Gasteiger partial charge is 0.315 e. The lowest BCUT2D eigenvalue weighted by Gasteiger charge is -2.15. The Labute approximate surface area is 104 Å². The van der Waals surface area contributed by atoms with Crippen LogP contribution in [0.15, 0.2) is 0 Å². The van der Waals surface area contributed by atoms with Gasteiger partial charge in [0.1, 0.15) is 0 Å². The summed E-state index contributed by atoms with van der Waals surface area (Å²) in [5.41, 5.74) is 0. The number of carbonyl (C=O) groups is 2. The summed E-state index contributed by atoms with van der Waals surface area (Å²) < 4.78 is 10.9. The van der Waals surface area contributed by atoms with E-state index in [1.54, 1.807) is 20.1 Å². The molecule has 0 fully saturated rings. The van der Waals surface area contributed by atoms with Crippen LogP contribution in [-0.2, 0) is 15.6 Å². The third kappa shape index (κ3) is 9.80. The van der Waals surface area contributed by atoms with Crippen LogP contribution in [0.4, 0.5) is 4.79 Å². The van der Waals surface area contributed by atoms with E-state index in [1.807, 2.05) is 0 Å². The molecule has 100 valence electrons. The molecule has 3 unspecified atom stereocenters. The number of carbonyl (C=O) groups excluding carboxylic acids is 1. The molecule has 3 N–H and O–H groups in total. The quantitative estimate of drug-likeness (QED) is 0.610. The molecule has 0 aromatic carbocycles. The molecular formula is C10H20N2O4S. The summed E-state index contributed by atoms with van der Waals surface area (Å²) in [5.74, 6) is -0.596. The Kier molecular flexibility index (Phi) is 7.53. The van der Waals surface area contributed by atoms with Gasteiger partial charge in [-0.3, -0.25) is 9.00 Å². The van der Waals surface area contributed by atoms with E-state index in [-0.39, 0.29) is 24.4 Å². The van der Waals surface area contributed by atoms with Crippen molar-refractivity contribution in [3.05, 3.63) is 0 Å². The Morgan fingerprint density at radius 1 is 1.35 bits per heavy atom. The Hall–Kier alpha value is -1.11. The molecule has 0 spiro atoms. The molecule has 0 aliphatic rings. The fraction of sp³-hybridized carbons (Fsp3) is 0.800. The van der Waals surface area contributed by atoms with Crippen molar-refractivity contribution in [2.45, 2.75) is 26.3 Å². The Balaban J connectivity index is 3.79. The topological polar surface area (TPSA) is 95.5 Å². The van der Waals surface area contributed by atoms with E-state index in [4.69, 9.17) is 5.11 Å². The molecule has 17 heavy (non-hydrogen) atoms. The fourth-order valence-corrected chi connectivity index (χ4v) is 2.09. The van der Waals surface area contributed by atoms with Gasteiger partial charge in [-0.2, -0.15) is 0 Å². The second kappa shape index (κ2) is 8.05. The largest absolute Gasteiger partial charge is 0.481 e. The van der Waals surface area contributed by atoms with Gasteiger partial charge in [0.2, 0.25) is 0 Å². The third-order valence-electron chi connectivity index (χ3n) is 2.00. The Bertz CT molecular complexity index is 296.